The van der Waals surface area contributed by atoms with Crippen molar-refractivity contribution >= 4 is 5.91 Å². The van der Waals surface area contributed by atoms with Gasteiger partial charge in [-0.25, -0.2) is 0 Å². The molecule has 0 N–H and O–H groups in total. The second kappa shape index (κ2) is 8.73. The number of amides is 1. The molecule has 6 heteroatoms. The van der Waals surface area contributed by atoms with Gasteiger partial charge in [0.15, 0.2) is 18.1 Å². The SMILES string of the molecule is COc1ccccc1OCC(=O)N1CCC[C@@H]1CN1C[C@@H](C)O[C@@H](C)C1. The van der Waals surface area contributed by atoms with Crippen molar-refractivity contribution in [3.63, 3.8) is 0 Å². The molecular formula is C20H30N2O4. The number of ether oxygens (including phenoxy) is 3. The van der Waals surface area contributed by atoms with E-state index in [0.717, 1.165) is 39.0 Å². The molecule has 1 amide bonds. The quantitative estimate of drug-likeness (QED) is 0.776. The van der Waals surface area contributed by atoms with Gasteiger partial charge in [-0.15, -0.1) is 0 Å². The van der Waals surface area contributed by atoms with Crippen molar-refractivity contribution < 1.29 is 19.0 Å². The number of methoxy groups -OCH3 is 1. The molecule has 1 aromatic carbocycles. The molecule has 2 aliphatic rings. The van der Waals surface area contributed by atoms with Crippen LogP contribution in [0.15, 0.2) is 24.3 Å². The van der Waals surface area contributed by atoms with Gasteiger partial charge in [0.05, 0.1) is 19.3 Å². The Morgan fingerprint density at radius 2 is 1.88 bits per heavy atom. The van der Waals surface area contributed by atoms with E-state index in [4.69, 9.17) is 14.2 Å². The van der Waals surface area contributed by atoms with Crippen LogP contribution in [0.1, 0.15) is 26.7 Å². The normalized spacial score (nSPS) is 26.7. The van der Waals surface area contributed by atoms with Crippen molar-refractivity contribution in [2.75, 3.05) is 39.9 Å². The number of hydrogen-bond acceptors (Lipinski definition) is 5. The lowest BCUT2D eigenvalue weighted by atomic mass is 10.1. The van der Waals surface area contributed by atoms with Crippen molar-refractivity contribution in [1.29, 1.82) is 0 Å². The van der Waals surface area contributed by atoms with Crippen molar-refractivity contribution in [3.8, 4) is 11.5 Å². The number of nitrogens with zero attached hydrogens (tertiary/aromatic N) is 2. The van der Waals surface area contributed by atoms with Gasteiger partial charge in [0, 0.05) is 32.2 Å². The van der Waals surface area contributed by atoms with Gasteiger partial charge in [-0.2, -0.15) is 0 Å². The first-order valence-corrected chi connectivity index (χ1v) is 9.50. The fraction of sp³-hybridized carbons (Fsp3) is 0.650. The Balaban J connectivity index is 1.54. The van der Waals surface area contributed by atoms with Crippen LogP contribution in [0.4, 0.5) is 0 Å². The molecule has 2 saturated heterocycles. The Morgan fingerprint density at radius 1 is 1.19 bits per heavy atom. The van der Waals surface area contributed by atoms with E-state index in [1.807, 2.05) is 29.2 Å². The molecule has 26 heavy (non-hydrogen) atoms. The highest BCUT2D eigenvalue weighted by atomic mass is 16.5. The van der Waals surface area contributed by atoms with Crippen LogP contribution in [-0.2, 0) is 9.53 Å². The molecule has 144 valence electrons. The Bertz CT molecular complexity index is 599. The Labute approximate surface area is 156 Å². The standard InChI is InChI=1S/C20H30N2O4/c1-15-11-21(12-16(2)26-15)13-17-7-6-10-22(17)20(23)14-25-19-9-5-4-8-18(19)24-3/h4-5,8-9,15-17H,6-7,10-14H2,1-3H3/t15-,16+,17-/m1/s1. The number of para-hydroxylation sites is 2. The van der Waals surface area contributed by atoms with E-state index in [1.54, 1.807) is 7.11 Å². The number of rotatable bonds is 6. The lowest BCUT2D eigenvalue weighted by Gasteiger charge is -2.38. The van der Waals surface area contributed by atoms with Crippen LogP contribution in [0.2, 0.25) is 0 Å². The fourth-order valence-electron chi connectivity index (χ4n) is 4.05. The van der Waals surface area contributed by atoms with Crippen LogP contribution in [0, 0.1) is 0 Å². The van der Waals surface area contributed by atoms with Crippen LogP contribution in [0.3, 0.4) is 0 Å². The highest BCUT2D eigenvalue weighted by molar-refractivity contribution is 5.78. The summed E-state index contributed by atoms with van der Waals surface area (Å²) in [6, 6.07) is 7.68. The average molecular weight is 362 g/mol. The lowest BCUT2D eigenvalue weighted by molar-refractivity contribution is -0.135. The number of morpholine rings is 1. The van der Waals surface area contributed by atoms with Crippen LogP contribution in [0.5, 0.6) is 11.5 Å². The van der Waals surface area contributed by atoms with Crippen molar-refractivity contribution in [2.45, 2.75) is 44.9 Å². The van der Waals surface area contributed by atoms with Gasteiger partial charge in [0.25, 0.3) is 5.91 Å². The number of likely N-dealkylation sites (tertiary alicyclic amines) is 1. The zero-order valence-corrected chi connectivity index (χ0v) is 16.0. The molecule has 0 spiro atoms. The zero-order chi connectivity index (χ0) is 18.5. The molecule has 0 aliphatic carbocycles. The molecule has 2 heterocycles. The highest BCUT2D eigenvalue weighted by Crippen LogP contribution is 2.26. The molecule has 0 bridgehead atoms. The van der Waals surface area contributed by atoms with Crippen molar-refractivity contribution in [1.82, 2.24) is 9.80 Å². The van der Waals surface area contributed by atoms with E-state index >= 15 is 0 Å². The molecule has 0 aromatic heterocycles. The highest BCUT2D eigenvalue weighted by Gasteiger charge is 2.32. The number of carbonyl (C=O) groups excluding carboxylic acids is 1. The van der Waals surface area contributed by atoms with Gasteiger partial charge in [-0.05, 0) is 38.8 Å². The third-order valence-corrected chi connectivity index (χ3v) is 5.08. The minimum atomic E-state index is 0.0484. The first-order chi connectivity index (χ1) is 12.6. The average Bonchev–Trinajstić information content (AvgIpc) is 3.07. The Hall–Kier alpha value is -1.79. The van der Waals surface area contributed by atoms with Gasteiger partial charge in [0.1, 0.15) is 0 Å². The smallest absolute Gasteiger partial charge is 0.260 e. The summed E-state index contributed by atoms with van der Waals surface area (Å²) in [7, 11) is 1.60. The van der Waals surface area contributed by atoms with Crippen LogP contribution in [-0.4, -0.2) is 73.9 Å². The first-order valence-electron chi connectivity index (χ1n) is 9.50. The van der Waals surface area contributed by atoms with E-state index in [1.165, 1.54) is 0 Å². The Kier molecular flexibility index (Phi) is 6.38. The summed E-state index contributed by atoms with van der Waals surface area (Å²) in [5, 5.41) is 0. The molecule has 2 aliphatic heterocycles. The maximum atomic E-state index is 12.7. The summed E-state index contributed by atoms with van der Waals surface area (Å²) in [5.41, 5.74) is 0. The molecule has 2 fully saturated rings. The van der Waals surface area contributed by atoms with E-state index in [2.05, 4.69) is 18.7 Å². The summed E-state index contributed by atoms with van der Waals surface area (Å²) in [6.45, 7) is 7.86. The summed E-state index contributed by atoms with van der Waals surface area (Å²) in [5.74, 6) is 1.30. The third-order valence-electron chi connectivity index (χ3n) is 5.08. The molecule has 0 radical (unpaired) electrons. The van der Waals surface area contributed by atoms with Crippen LogP contribution < -0.4 is 9.47 Å². The fourth-order valence-corrected chi connectivity index (χ4v) is 4.05. The van der Waals surface area contributed by atoms with Crippen LogP contribution in [0.25, 0.3) is 0 Å². The second-order valence-electron chi connectivity index (χ2n) is 7.30. The number of benzene rings is 1. The summed E-state index contributed by atoms with van der Waals surface area (Å²) in [6.07, 6.45) is 2.61. The summed E-state index contributed by atoms with van der Waals surface area (Å²) in [4.78, 5) is 17.1. The summed E-state index contributed by atoms with van der Waals surface area (Å²) >= 11 is 0. The predicted molar refractivity (Wildman–Crippen MR) is 99.7 cm³/mol. The van der Waals surface area contributed by atoms with Crippen LogP contribution >= 0.6 is 0 Å². The summed E-state index contributed by atoms with van der Waals surface area (Å²) < 4.78 is 16.8. The molecule has 3 rings (SSSR count). The first kappa shape index (κ1) is 19.0. The molecule has 0 unspecified atom stereocenters. The molecule has 6 nitrogen and oxygen atoms in total. The molecule has 3 atom stereocenters. The monoisotopic (exact) mass is 362 g/mol. The zero-order valence-electron chi connectivity index (χ0n) is 16.0. The van der Waals surface area contributed by atoms with Gasteiger partial charge < -0.3 is 19.1 Å². The van der Waals surface area contributed by atoms with Crippen molar-refractivity contribution in [2.24, 2.45) is 0 Å². The largest absolute Gasteiger partial charge is 0.493 e. The lowest BCUT2D eigenvalue weighted by Crippen LogP contribution is -2.51. The maximum Gasteiger partial charge on any atom is 0.260 e. The van der Waals surface area contributed by atoms with E-state index < -0.39 is 0 Å². The topological polar surface area (TPSA) is 51.2 Å². The van der Waals surface area contributed by atoms with Gasteiger partial charge in [0.2, 0.25) is 0 Å². The number of hydrogen-bond donors (Lipinski definition) is 0. The van der Waals surface area contributed by atoms with E-state index in [-0.39, 0.29) is 30.8 Å². The minimum absolute atomic E-state index is 0.0484. The third kappa shape index (κ3) is 4.68. The predicted octanol–water partition coefficient (Wildman–Crippen LogP) is 2.17. The minimum Gasteiger partial charge on any atom is -0.493 e. The van der Waals surface area contributed by atoms with Crippen molar-refractivity contribution in [3.05, 3.63) is 24.3 Å². The number of carbonyl (C=O) groups is 1. The molecule has 1 aromatic rings. The van der Waals surface area contributed by atoms with E-state index in [9.17, 15) is 4.79 Å². The van der Waals surface area contributed by atoms with Gasteiger partial charge in [-0.3, -0.25) is 9.69 Å². The Morgan fingerprint density at radius 3 is 2.58 bits per heavy atom. The van der Waals surface area contributed by atoms with Gasteiger partial charge in [-0.1, -0.05) is 12.1 Å². The molecule has 0 saturated carbocycles. The second-order valence-corrected chi connectivity index (χ2v) is 7.30. The van der Waals surface area contributed by atoms with Gasteiger partial charge >= 0.3 is 0 Å². The van der Waals surface area contributed by atoms with E-state index in [0.29, 0.717) is 11.5 Å². The maximum absolute atomic E-state index is 12.7. The molecular weight excluding hydrogens is 332 g/mol.